The van der Waals surface area contributed by atoms with Gasteiger partial charge in [-0.25, -0.2) is 0 Å². The fourth-order valence-electron chi connectivity index (χ4n) is 2.34. The molecule has 3 nitrogen and oxygen atoms in total. The van der Waals surface area contributed by atoms with Gasteiger partial charge in [0, 0.05) is 0 Å². The molecule has 0 aliphatic carbocycles. The first-order valence-electron chi connectivity index (χ1n) is 7.09. The van der Waals surface area contributed by atoms with E-state index in [1.807, 2.05) is 12.1 Å². The van der Waals surface area contributed by atoms with Gasteiger partial charge >= 0.3 is 0 Å². The molecular formula is C16H22ClNO2. The van der Waals surface area contributed by atoms with Crippen molar-refractivity contribution in [3.8, 4) is 5.75 Å². The molecule has 1 heterocycles. The van der Waals surface area contributed by atoms with E-state index in [-0.39, 0.29) is 11.5 Å². The Labute approximate surface area is 125 Å². The number of carbonyl (C=O) groups excluding carboxylic acids is 1. The molecule has 20 heavy (non-hydrogen) atoms. The number of piperidine rings is 1. The van der Waals surface area contributed by atoms with Crippen LogP contribution >= 0.6 is 11.6 Å². The quantitative estimate of drug-likeness (QED) is 0.868. The van der Waals surface area contributed by atoms with Crippen LogP contribution < -0.4 is 10.1 Å². The van der Waals surface area contributed by atoms with Gasteiger partial charge in [0.2, 0.25) is 0 Å². The monoisotopic (exact) mass is 295 g/mol. The molecule has 1 aliphatic rings. The summed E-state index contributed by atoms with van der Waals surface area (Å²) in [6.07, 6.45) is 2.06. The SMILES string of the molecule is CC(C)(C)c1ccc(C(=O)Cl)c(OC2CCNCC2)c1. The van der Waals surface area contributed by atoms with Crippen molar-refractivity contribution in [3.63, 3.8) is 0 Å². The highest BCUT2D eigenvalue weighted by Gasteiger charge is 2.21. The van der Waals surface area contributed by atoms with E-state index >= 15 is 0 Å². The van der Waals surface area contributed by atoms with Crippen LogP contribution in [0.5, 0.6) is 5.75 Å². The summed E-state index contributed by atoms with van der Waals surface area (Å²) in [5.41, 5.74) is 1.61. The molecular weight excluding hydrogens is 274 g/mol. The molecule has 1 aromatic carbocycles. The lowest BCUT2D eigenvalue weighted by atomic mass is 9.86. The lowest BCUT2D eigenvalue weighted by Crippen LogP contribution is -2.34. The van der Waals surface area contributed by atoms with Crippen LogP contribution in [-0.2, 0) is 5.41 Å². The summed E-state index contributed by atoms with van der Waals surface area (Å²) < 4.78 is 6.04. The Morgan fingerprint density at radius 3 is 2.50 bits per heavy atom. The molecule has 4 heteroatoms. The second kappa shape index (κ2) is 6.15. The molecule has 0 saturated carbocycles. The molecule has 1 saturated heterocycles. The van der Waals surface area contributed by atoms with Gasteiger partial charge in [0.15, 0.2) is 0 Å². The Morgan fingerprint density at radius 1 is 1.30 bits per heavy atom. The van der Waals surface area contributed by atoms with Crippen LogP contribution in [0.1, 0.15) is 49.5 Å². The summed E-state index contributed by atoms with van der Waals surface area (Å²) in [4.78, 5) is 11.5. The minimum Gasteiger partial charge on any atom is -0.490 e. The molecule has 110 valence electrons. The summed E-state index contributed by atoms with van der Waals surface area (Å²) in [5.74, 6) is 0.615. The van der Waals surface area contributed by atoms with Gasteiger partial charge in [0.25, 0.3) is 5.24 Å². The van der Waals surface area contributed by atoms with Gasteiger partial charge in [-0.3, -0.25) is 4.79 Å². The van der Waals surface area contributed by atoms with Gasteiger partial charge in [0.05, 0.1) is 5.56 Å². The summed E-state index contributed by atoms with van der Waals surface area (Å²) >= 11 is 5.66. The number of carbonyl (C=O) groups is 1. The topological polar surface area (TPSA) is 38.3 Å². The van der Waals surface area contributed by atoms with Crippen molar-refractivity contribution >= 4 is 16.8 Å². The van der Waals surface area contributed by atoms with E-state index in [2.05, 4.69) is 26.1 Å². The summed E-state index contributed by atoms with van der Waals surface area (Å²) in [5, 5.41) is 2.84. The molecule has 0 amide bonds. The Hall–Kier alpha value is -1.06. The van der Waals surface area contributed by atoms with Gasteiger partial charge < -0.3 is 10.1 Å². The number of hydrogen-bond acceptors (Lipinski definition) is 3. The third-order valence-electron chi connectivity index (χ3n) is 3.64. The maximum absolute atomic E-state index is 11.5. The number of halogens is 1. The molecule has 1 fully saturated rings. The highest BCUT2D eigenvalue weighted by atomic mass is 35.5. The average Bonchev–Trinajstić information content (AvgIpc) is 2.38. The van der Waals surface area contributed by atoms with Crippen molar-refractivity contribution < 1.29 is 9.53 Å². The van der Waals surface area contributed by atoms with Gasteiger partial charge in [-0.15, -0.1) is 0 Å². The van der Waals surface area contributed by atoms with Crippen molar-refractivity contribution in [1.82, 2.24) is 5.32 Å². The minimum atomic E-state index is -0.464. The Kier molecular flexibility index (Phi) is 4.71. The van der Waals surface area contributed by atoms with Gasteiger partial charge in [0.1, 0.15) is 11.9 Å². The van der Waals surface area contributed by atoms with Crippen LogP contribution in [0.4, 0.5) is 0 Å². The maximum atomic E-state index is 11.5. The highest BCUT2D eigenvalue weighted by Crippen LogP contribution is 2.30. The van der Waals surface area contributed by atoms with Crippen LogP contribution in [0.3, 0.4) is 0 Å². The standard InChI is InChI=1S/C16H22ClNO2/c1-16(2,3)11-4-5-13(15(17)19)14(10-11)20-12-6-8-18-9-7-12/h4-5,10,12,18H,6-9H2,1-3H3. The summed E-state index contributed by atoms with van der Waals surface area (Å²) in [7, 11) is 0. The minimum absolute atomic E-state index is 0.0140. The summed E-state index contributed by atoms with van der Waals surface area (Å²) in [6.45, 7) is 8.32. The molecule has 0 atom stereocenters. The fraction of sp³-hybridized carbons (Fsp3) is 0.562. The fourth-order valence-corrected chi connectivity index (χ4v) is 2.50. The predicted octanol–water partition coefficient (Wildman–Crippen LogP) is 3.49. The van der Waals surface area contributed by atoms with Gasteiger partial charge in [-0.05, 0) is 60.6 Å². The highest BCUT2D eigenvalue weighted by molar-refractivity contribution is 6.68. The number of nitrogens with one attached hydrogen (secondary N) is 1. The number of hydrogen-bond donors (Lipinski definition) is 1. The molecule has 2 rings (SSSR count). The third kappa shape index (κ3) is 3.74. The zero-order valence-corrected chi connectivity index (χ0v) is 13.1. The predicted molar refractivity (Wildman–Crippen MR) is 81.8 cm³/mol. The van der Waals surface area contributed by atoms with Crippen molar-refractivity contribution in [2.24, 2.45) is 0 Å². The first kappa shape index (κ1) is 15.3. The first-order valence-corrected chi connectivity index (χ1v) is 7.47. The lowest BCUT2D eigenvalue weighted by Gasteiger charge is -2.26. The smallest absolute Gasteiger partial charge is 0.256 e. The lowest BCUT2D eigenvalue weighted by molar-refractivity contribution is 0.107. The first-order chi connectivity index (χ1) is 9.38. The van der Waals surface area contributed by atoms with E-state index in [1.54, 1.807) is 6.07 Å². The van der Waals surface area contributed by atoms with Crippen molar-refractivity contribution in [2.75, 3.05) is 13.1 Å². The molecule has 0 unspecified atom stereocenters. The van der Waals surface area contributed by atoms with Crippen LogP contribution in [0.15, 0.2) is 18.2 Å². The van der Waals surface area contributed by atoms with E-state index in [9.17, 15) is 4.79 Å². The molecule has 1 aliphatic heterocycles. The second-order valence-corrected chi connectivity index (χ2v) is 6.65. The van der Waals surface area contributed by atoms with Gasteiger partial charge in [-0.2, -0.15) is 0 Å². The van der Waals surface area contributed by atoms with Crippen molar-refractivity contribution in [1.29, 1.82) is 0 Å². The number of rotatable bonds is 3. The van der Waals surface area contributed by atoms with Crippen LogP contribution in [0.25, 0.3) is 0 Å². The largest absolute Gasteiger partial charge is 0.490 e. The van der Waals surface area contributed by atoms with Crippen molar-refractivity contribution in [3.05, 3.63) is 29.3 Å². The van der Waals surface area contributed by atoms with E-state index in [0.717, 1.165) is 31.5 Å². The molecule has 0 aromatic heterocycles. The summed E-state index contributed by atoms with van der Waals surface area (Å²) in [6, 6.07) is 5.68. The van der Waals surface area contributed by atoms with Crippen LogP contribution in [0, 0.1) is 0 Å². The van der Waals surface area contributed by atoms with E-state index in [1.165, 1.54) is 0 Å². The van der Waals surface area contributed by atoms with Crippen LogP contribution in [0.2, 0.25) is 0 Å². The Morgan fingerprint density at radius 2 is 1.95 bits per heavy atom. The normalized spacial score (nSPS) is 17.0. The molecule has 1 aromatic rings. The zero-order chi connectivity index (χ0) is 14.8. The van der Waals surface area contributed by atoms with E-state index in [4.69, 9.17) is 16.3 Å². The van der Waals surface area contributed by atoms with Crippen LogP contribution in [-0.4, -0.2) is 24.4 Å². The molecule has 1 N–H and O–H groups in total. The maximum Gasteiger partial charge on any atom is 0.256 e. The Balaban J connectivity index is 2.29. The third-order valence-corrected chi connectivity index (χ3v) is 3.84. The second-order valence-electron chi connectivity index (χ2n) is 6.30. The molecule has 0 spiro atoms. The Bertz CT molecular complexity index is 488. The zero-order valence-electron chi connectivity index (χ0n) is 12.3. The molecule has 0 radical (unpaired) electrons. The van der Waals surface area contributed by atoms with E-state index in [0.29, 0.717) is 11.3 Å². The average molecular weight is 296 g/mol. The van der Waals surface area contributed by atoms with E-state index < -0.39 is 5.24 Å². The van der Waals surface area contributed by atoms with Gasteiger partial charge in [-0.1, -0.05) is 26.8 Å². The number of benzene rings is 1. The van der Waals surface area contributed by atoms with Crippen molar-refractivity contribution in [2.45, 2.75) is 45.1 Å². The number of ether oxygens (including phenoxy) is 1. The molecule has 0 bridgehead atoms.